The van der Waals surface area contributed by atoms with Gasteiger partial charge in [-0.15, -0.1) is 0 Å². The second-order valence-corrected chi connectivity index (χ2v) is 4.88. The molecule has 0 aliphatic heterocycles. The van der Waals surface area contributed by atoms with E-state index in [1.165, 1.54) is 0 Å². The number of aromatic nitrogens is 2. The Hall–Kier alpha value is -2.30. The highest BCUT2D eigenvalue weighted by Crippen LogP contribution is 2.15. The Balaban J connectivity index is 2.07. The summed E-state index contributed by atoms with van der Waals surface area (Å²) >= 11 is 0. The van der Waals surface area contributed by atoms with E-state index in [0.717, 1.165) is 22.5 Å². The molecular weight excluding hydrogens is 252 g/mol. The molecule has 0 aliphatic carbocycles. The van der Waals surface area contributed by atoms with Crippen molar-refractivity contribution in [3.8, 4) is 0 Å². The number of amides is 1. The Morgan fingerprint density at radius 1 is 1.35 bits per heavy atom. The molecule has 0 saturated heterocycles. The molecule has 0 fully saturated rings. The Kier molecular flexibility index (Phi) is 4.08. The average Bonchev–Trinajstić information content (AvgIpc) is 2.74. The van der Waals surface area contributed by atoms with Crippen LogP contribution in [-0.2, 0) is 13.6 Å². The molecule has 0 saturated carbocycles. The molecule has 2 aromatic rings. The van der Waals surface area contributed by atoms with E-state index in [9.17, 15) is 4.79 Å². The summed E-state index contributed by atoms with van der Waals surface area (Å²) in [5.41, 5.74) is 4.63. The molecule has 5 heteroatoms. The lowest BCUT2D eigenvalue weighted by Gasteiger charge is -2.09. The highest BCUT2D eigenvalue weighted by molar-refractivity contribution is 5.96. The Morgan fingerprint density at radius 3 is 2.65 bits per heavy atom. The molecule has 1 amide bonds. The number of benzene rings is 1. The molecule has 0 spiro atoms. The number of nitrogens with zero attached hydrogens (tertiary/aromatic N) is 2. The number of hydrogen-bond donors (Lipinski definition) is 2. The van der Waals surface area contributed by atoms with Crippen LogP contribution in [0.25, 0.3) is 0 Å². The minimum atomic E-state index is -0.0617. The normalized spacial score (nSPS) is 10.4. The lowest BCUT2D eigenvalue weighted by molar-refractivity contribution is 0.0950. The van der Waals surface area contributed by atoms with E-state index in [0.29, 0.717) is 12.1 Å². The van der Waals surface area contributed by atoms with Gasteiger partial charge in [-0.25, -0.2) is 0 Å². The van der Waals surface area contributed by atoms with Crippen molar-refractivity contribution in [3.63, 3.8) is 0 Å². The summed E-state index contributed by atoms with van der Waals surface area (Å²) < 4.78 is 1.75. The van der Waals surface area contributed by atoms with E-state index in [4.69, 9.17) is 0 Å². The van der Waals surface area contributed by atoms with Crippen LogP contribution in [0.3, 0.4) is 0 Å². The number of nitrogens with one attached hydrogen (secondary N) is 2. The van der Waals surface area contributed by atoms with Crippen LogP contribution in [-0.4, -0.2) is 22.7 Å². The molecule has 0 radical (unpaired) electrons. The minimum absolute atomic E-state index is 0.0617. The van der Waals surface area contributed by atoms with Crippen molar-refractivity contribution >= 4 is 11.6 Å². The molecule has 1 heterocycles. The fraction of sp³-hybridized carbons (Fsp3) is 0.333. The predicted octanol–water partition coefficient (Wildman–Crippen LogP) is 2.01. The SMILES string of the molecule is CNc1ccc(C(=O)NCc2cn(C)nc2C)c(C)c1. The van der Waals surface area contributed by atoms with Crippen molar-refractivity contribution < 1.29 is 4.79 Å². The third-order valence-corrected chi connectivity index (χ3v) is 3.31. The largest absolute Gasteiger partial charge is 0.388 e. The lowest BCUT2D eigenvalue weighted by atomic mass is 10.1. The molecule has 1 aromatic carbocycles. The maximum absolute atomic E-state index is 12.2. The topological polar surface area (TPSA) is 59.0 Å². The number of carbonyl (C=O) groups is 1. The minimum Gasteiger partial charge on any atom is -0.388 e. The van der Waals surface area contributed by atoms with E-state index in [1.54, 1.807) is 4.68 Å². The maximum atomic E-state index is 12.2. The Morgan fingerprint density at radius 2 is 2.10 bits per heavy atom. The van der Waals surface area contributed by atoms with Crippen LogP contribution in [0.15, 0.2) is 24.4 Å². The molecule has 2 N–H and O–H groups in total. The molecule has 20 heavy (non-hydrogen) atoms. The van der Waals surface area contributed by atoms with Gasteiger partial charge in [-0.2, -0.15) is 5.10 Å². The third kappa shape index (κ3) is 2.99. The Labute approximate surface area is 119 Å². The number of anilines is 1. The van der Waals surface area contributed by atoms with Crippen molar-refractivity contribution in [2.24, 2.45) is 7.05 Å². The second kappa shape index (κ2) is 5.77. The highest BCUT2D eigenvalue weighted by atomic mass is 16.1. The summed E-state index contributed by atoms with van der Waals surface area (Å²) in [5, 5.41) is 10.3. The van der Waals surface area contributed by atoms with Crippen LogP contribution < -0.4 is 10.6 Å². The zero-order valence-corrected chi connectivity index (χ0v) is 12.3. The highest BCUT2D eigenvalue weighted by Gasteiger charge is 2.10. The molecule has 2 rings (SSSR count). The number of hydrogen-bond acceptors (Lipinski definition) is 3. The van der Waals surface area contributed by atoms with Gasteiger partial charge in [0.25, 0.3) is 5.91 Å². The van der Waals surface area contributed by atoms with Crippen LogP contribution >= 0.6 is 0 Å². The van der Waals surface area contributed by atoms with Crippen LogP contribution in [0, 0.1) is 13.8 Å². The predicted molar refractivity (Wildman–Crippen MR) is 79.8 cm³/mol. The molecule has 106 valence electrons. The van der Waals surface area contributed by atoms with Crippen LogP contribution in [0.2, 0.25) is 0 Å². The van der Waals surface area contributed by atoms with E-state index in [-0.39, 0.29) is 5.91 Å². The lowest BCUT2D eigenvalue weighted by Crippen LogP contribution is -2.23. The molecule has 0 aliphatic rings. The van der Waals surface area contributed by atoms with Gasteiger partial charge in [-0.1, -0.05) is 0 Å². The summed E-state index contributed by atoms with van der Waals surface area (Å²) in [6.45, 7) is 4.37. The first-order valence-electron chi connectivity index (χ1n) is 6.57. The summed E-state index contributed by atoms with van der Waals surface area (Å²) in [5.74, 6) is -0.0617. The van der Waals surface area contributed by atoms with Gasteiger partial charge in [0.05, 0.1) is 5.69 Å². The van der Waals surface area contributed by atoms with Gasteiger partial charge in [-0.05, 0) is 37.6 Å². The first-order valence-corrected chi connectivity index (χ1v) is 6.57. The monoisotopic (exact) mass is 272 g/mol. The number of carbonyl (C=O) groups excluding carboxylic acids is 1. The molecular formula is C15H20N4O. The van der Waals surface area contributed by atoms with Gasteiger partial charge in [0.1, 0.15) is 0 Å². The van der Waals surface area contributed by atoms with Crippen LogP contribution in [0.5, 0.6) is 0 Å². The molecule has 1 aromatic heterocycles. The van der Waals surface area contributed by atoms with E-state index in [1.807, 2.05) is 52.3 Å². The van der Waals surface area contributed by atoms with Gasteiger partial charge in [-0.3, -0.25) is 9.48 Å². The van der Waals surface area contributed by atoms with Crippen molar-refractivity contribution in [1.82, 2.24) is 15.1 Å². The van der Waals surface area contributed by atoms with E-state index >= 15 is 0 Å². The first kappa shape index (κ1) is 14.1. The summed E-state index contributed by atoms with van der Waals surface area (Å²) in [4.78, 5) is 12.2. The van der Waals surface area contributed by atoms with Crippen LogP contribution in [0.4, 0.5) is 5.69 Å². The van der Waals surface area contributed by atoms with Gasteiger partial charge in [0.2, 0.25) is 0 Å². The second-order valence-electron chi connectivity index (χ2n) is 4.88. The number of rotatable bonds is 4. The zero-order chi connectivity index (χ0) is 14.7. The van der Waals surface area contributed by atoms with E-state index in [2.05, 4.69) is 15.7 Å². The third-order valence-electron chi connectivity index (χ3n) is 3.31. The number of aryl methyl sites for hydroxylation is 3. The summed E-state index contributed by atoms with van der Waals surface area (Å²) in [7, 11) is 3.73. The average molecular weight is 272 g/mol. The van der Waals surface area contributed by atoms with Crippen molar-refractivity contribution in [1.29, 1.82) is 0 Å². The van der Waals surface area contributed by atoms with E-state index < -0.39 is 0 Å². The smallest absolute Gasteiger partial charge is 0.251 e. The standard InChI is InChI=1S/C15H20N4O/c1-10-7-13(16-3)5-6-14(10)15(20)17-8-12-9-19(4)18-11(12)2/h5-7,9,16H,8H2,1-4H3,(H,17,20). The fourth-order valence-electron chi connectivity index (χ4n) is 2.17. The van der Waals surface area contributed by atoms with Gasteiger partial charge >= 0.3 is 0 Å². The van der Waals surface area contributed by atoms with Crippen molar-refractivity contribution in [2.45, 2.75) is 20.4 Å². The summed E-state index contributed by atoms with van der Waals surface area (Å²) in [6, 6.07) is 5.70. The molecule has 0 unspecified atom stereocenters. The van der Waals surface area contributed by atoms with Gasteiger partial charge < -0.3 is 10.6 Å². The Bertz CT molecular complexity index is 631. The van der Waals surface area contributed by atoms with Crippen LogP contribution in [0.1, 0.15) is 27.2 Å². The van der Waals surface area contributed by atoms with Gasteiger partial charge in [0, 0.05) is 43.7 Å². The summed E-state index contributed by atoms with van der Waals surface area (Å²) in [6.07, 6.45) is 1.92. The molecule has 0 atom stereocenters. The fourth-order valence-corrected chi connectivity index (χ4v) is 2.17. The maximum Gasteiger partial charge on any atom is 0.251 e. The van der Waals surface area contributed by atoms with Gasteiger partial charge in [0.15, 0.2) is 0 Å². The quantitative estimate of drug-likeness (QED) is 0.895. The van der Waals surface area contributed by atoms with Crippen molar-refractivity contribution in [3.05, 3.63) is 46.8 Å². The van der Waals surface area contributed by atoms with Crippen molar-refractivity contribution in [2.75, 3.05) is 12.4 Å². The first-order chi connectivity index (χ1) is 9.51. The molecule has 0 bridgehead atoms. The molecule has 5 nitrogen and oxygen atoms in total. The zero-order valence-electron chi connectivity index (χ0n) is 12.3.